The molecule has 0 bridgehead atoms. The second-order valence-corrected chi connectivity index (χ2v) is 4.06. The summed E-state index contributed by atoms with van der Waals surface area (Å²) in [7, 11) is 0. The van der Waals surface area contributed by atoms with E-state index >= 15 is 0 Å². The monoisotopic (exact) mass is 249 g/mol. The summed E-state index contributed by atoms with van der Waals surface area (Å²) in [6.45, 7) is 1.82. The quantitative estimate of drug-likeness (QED) is 0.371. The minimum absolute atomic E-state index is 0.0547. The predicted molar refractivity (Wildman–Crippen MR) is 69.2 cm³/mol. The first-order valence-corrected chi connectivity index (χ1v) is 5.33. The molecule has 6 heteroatoms. The Balaban J connectivity index is 2.51. The van der Waals surface area contributed by atoms with Crippen molar-refractivity contribution < 1.29 is 0 Å². The Kier molecular flexibility index (Phi) is 2.77. The number of halogens is 1. The lowest BCUT2D eigenvalue weighted by Gasteiger charge is -2.06. The fourth-order valence-corrected chi connectivity index (χ4v) is 1.90. The first-order valence-electron chi connectivity index (χ1n) is 4.95. The van der Waals surface area contributed by atoms with Gasteiger partial charge in [-0.05, 0) is 19.1 Å². The van der Waals surface area contributed by atoms with E-state index in [0.717, 1.165) is 11.4 Å². The minimum atomic E-state index is -0.0547. The zero-order valence-corrected chi connectivity index (χ0v) is 9.97. The van der Waals surface area contributed by atoms with E-state index in [0.29, 0.717) is 22.1 Å². The number of anilines is 1. The van der Waals surface area contributed by atoms with Crippen LogP contribution in [0.5, 0.6) is 0 Å². The minimum Gasteiger partial charge on any atom is -0.398 e. The average Bonchev–Trinajstić information content (AvgIpc) is 2.57. The molecule has 5 nitrogen and oxygen atoms in total. The molecular weight excluding hydrogens is 238 g/mol. The summed E-state index contributed by atoms with van der Waals surface area (Å²) in [5, 5.41) is 7.75. The zero-order chi connectivity index (χ0) is 12.6. The molecule has 0 aliphatic heterocycles. The maximum Gasteiger partial charge on any atom is 0.155 e. The van der Waals surface area contributed by atoms with E-state index in [1.54, 1.807) is 18.2 Å². The molecule has 2 rings (SSSR count). The Bertz CT molecular complexity index is 588. The number of nitrogens with two attached hydrogens (primary N) is 2. The zero-order valence-electron chi connectivity index (χ0n) is 9.21. The van der Waals surface area contributed by atoms with Crippen LogP contribution in [-0.2, 0) is 0 Å². The lowest BCUT2D eigenvalue weighted by atomic mass is 10.1. The first kappa shape index (κ1) is 11.5. The molecule has 0 saturated carbocycles. The summed E-state index contributed by atoms with van der Waals surface area (Å²) >= 11 is 5.98. The van der Waals surface area contributed by atoms with Gasteiger partial charge in [0.15, 0.2) is 5.15 Å². The van der Waals surface area contributed by atoms with Crippen LogP contribution in [0.4, 0.5) is 5.69 Å². The number of amidine groups is 1. The van der Waals surface area contributed by atoms with Crippen LogP contribution in [0.2, 0.25) is 5.15 Å². The van der Waals surface area contributed by atoms with Gasteiger partial charge in [-0.15, -0.1) is 0 Å². The highest BCUT2D eigenvalue weighted by molar-refractivity contribution is 6.31. The highest BCUT2D eigenvalue weighted by atomic mass is 35.5. The number of aryl methyl sites for hydroxylation is 1. The number of hydrogen-bond donors (Lipinski definition) is 4. The maximum absolute atomic E-state index is 7.35. The Hall–Kier alpha value is -2.01. The Morgan fingerprint density at radius 2 is 2.18 bits per heavy atom. The maximum atomic E-state index is 7.35. The molecule has 0 atom stereocenters. The highest BCUT2D eigenvalue weighted by Crippen LogP contribution is 2.28. The third kappa shape index (κ3) is 2.09. The van der Waals surface area contributed by atoms with Gasteiger partial charge in [0.1, 0.15) is 11.7 Å². The summed E-state index contributed by atoms with van der Waals surface area (Å²) in [5.74, 6) is 0.681. The second kappa shape index (κ2) is 4.10. The van der Waals surface area contributed by atoms with Gasteiger partial charge in [0.05, 0.1) is 5.69 Å². The molecule has 1 heterocycles. The summed E-state index contributed by atoms with van der Waals surface area (Å²) in [6, 6.07) is 5.21. The number of rotatable bonds is 2. The van der Waals surface area contributed by atoms with Crippen LogP contribution in [0.3, 0.4) is 0 Å². The molecule has 0 aliphatic rings. The number of nitrogens with zero attached hydrogens (tertiary/aromatic N) is 1. The van der Waals surface area contributed by atoms with Crippen molar-refractivity contribution in [2.45, 2.75) is 6.92 Å². The third-order valence-electron chi connectivity index (χ3n) is 2.41. The van der Waals surface area contributed by atoms with Crippen molar-refractivity contribution in [2.75, 3.05) is 5.73 Å². The number of H-pyrrole nitrogens is 1. The van der Waals surface area contributed by atoms with Gasteiger partial charge in [-0.2, -0.15) is 0 Å². The number of aromatic amines is 1. The van der Waals surface area contributed by atoms with Crippen LogP contribution >= 0.6 is 11.6 Å². The van der Waals surface area contributed by atoms with E-state index in [-0.39, 0.29) is 5.84 Å². The van der Waals surface area contributed by atoms with Crippen molar-refractivity contribution in [1.82, 2.24) is 9.97 Å². The van der Waals surface area contributed by atoms with E-state index in [4.69, 9.17) is 28.5 Å². The van der Waals surface area contributed by atoms with Crippen LogP contribution < -0.4 is 11.5 Å². The summed E-state index contributed by atoms with van der Waals surface area (Å²) in [5.41, 5.74) is 13.7. The fourth-order valence-electron chi connectivity index (χ4n) is 1.62. The van der Waals surface area contributed by atoms with Crippen molar-refractivity contribution in [3.63, 3.8) is 0 Å². The molecular formula is C11H12ClN5. The second-order valence-electron chi connectivity index (χ2n) is 3.70. The van der Waals surface area contributed by atoms with Gasteiger partial charge in [-0.25, -0.2) is 4.98 Å². The SMILES string of the molecule is Cc1nc(Cl)c(-c2ccc(C(=N)N)c(N)c2)[nH]1. The number of imidazole rings is 1. The number of nitrogen functional groups attached to an aromatic ring is 2. The fraction of sp³-hybridized carbons (Fsp3) is 0.0909. The van der Waals surface area contributed by atoms with E-state index in [1.807, 2.05) is 6.92 Å². The third-order valence-corrected chi connectivity index (χ3v) is 2.68. The van der Waals surface area contributed by atoms with Gasteiger partial charge < -0.3 is 16.5 Å². The molecule has 1 aromatic carbocycles. The van der Waals surface area contributed by atoms with Gasteiger partial charge in [0, 0.05) is 16.8 Å². The molecule has 6 N–H and O–H groups in total. The Morgan fingerprint density at radius 3 is 2.65 bits per heavy atom. The molecule has 0 fully saturated rings. The normalized spacial score (nSPS) is 10.5. The average molecular weight is 250 g/mol. The lowest BCUT2D eigenvalue weighted by molar-refractivity contribution is 1.15. The van der Waals surface area contributed by atoms with E-state index in [2.05, 4.69) is 9.97 Å². The largest absolute Gasteiger partial charge is 0.398 e. The van der Waals surface area contributed by atoms with E-state index in [9.17, 15) is 0 Å². The molecule has 0 aliphatic carbocycles. The molecule has 17 heavy (non-hydrogen) atoms. The number of hydrogen-bond acceptors (Lipinski definition) is 3. The van der Waals surface area contributed by atoms with Crippen LogP contribution in [-0.4, -0.2) is 15.8 Å². The molecule has 1 aromatic heterocycles. The standard InChI is InChI=1S/C11H12ClN5/c1-5-16-9(10(12)17-5)6-2-3-7(11(14)15)8(13)4-6/h2-4H,13H2,1H3,(H3,14,15)(H,16,17). The molecule has 0 amide bonds. The Labute approximate surface area is 103 Å². The van der Waals surface area contributed by atoms with Crippen LogP contribution in [0.1, 0.15) is 11.4 Å². The summed E-state index contributed by atoms with van der Waals surface area (Å²) < 4.78 is 0. The van der Waals surface area contributed by atoms with Crippen molar-refractivity contribution in [3.05, 3.63) is 34.7 Å². The van der Waals surface area contributed by atoms with E-state index < -0.39 is 0 Å². The van der Waals surface area contributed by atoms with Gasteiger partial charge in [0.2, 0.25) is 0 Å². The van der Waals surface area contributed by atoms with Crippen molar-refractivity contribution >= 4 is 23.1 Å². The van der Waals surface area contributed by atoms with Crippen LogP contribution in [0.15, 0.2) is 18.2 Å². The molecule has 0 saturated heterocycles. The number of nitrogens with one attached hydrogen (secondary N) is 2. The molecule has 0 unspecified atom stereocenters. The van der Waals surface area contributed by atoms with Crippen LogP contribution in [0.25, 0.3) is 11.3 Å². The van der Waals surface area contributed by atoms with Gasteiger partial charge in [-0.3, -0.25) is 5.41 Å². The molecule has 0 radical (unpaired) electrons. The Morgan fingerprint density at radius 1 is 1.47 bits per heavy atom. The van der Waals surface area contributed by atoms with Gasteiger partial charge >= 0.3 is 0 Å². The topological polar surface area (TPSA) is 105 Å². The smallest absolute Gasteiger partial charge is 0.155 e. The molecule has 0 spiro atoms. The predicted octanol–water partition coefficient (Wildman–Crippen LogP) is 1.90. The van der Waals surface area contributed by atoms with Crippen molar-refractivity contribution in [3.8, 4) is 11.3 Å². The van der Waals surface area contributed by atoms with E-state index in [1.165, 1.54) is 0 Å². The number of aromatic nitrogens is 2. The van der Waals surface area contributed by atoms with Crippen LogP contribution in [0, 0.1) is 12.3 Å². The first-order chi connectivity index (χ1) is 7.99. The van der Waals surface area contributed by atoms with Crippen molar-refractivity contribution in [2.24, 2.45) is 5.73 Å². The van der Waals surface area contributed by atoms with Gasteiger partial charge in [0.25, 0.3) is 0 Å². The lowest BCUT2D eigenvalue weighted by Crippen LogP contribution is -2.13. The van der Waals surface area contributed by atoms with Crippen molar-refractivity contribution in [1.29, 1.82) is 5.41 Å². The summed E-state index contributed by atoms with van der Waals surface area (Å²) in [4.78, 5) is 7.13. The molecule has 88 valence electrons. The molecule has 2 aromatic rings. The van der Waals surface area contributed by atoms with Gasteiger partial charge in [-0.1, -0.05) is 17.7 Å². The number of benzene rings is 1. The highest BCUT2D eigenvalue weighted by Gasteiger charge is 2.10. The summed E-state index contributed by atoms with van der Waals surface area (Å²) in [6.07, 6.45) is 0.